The normalized spacial score (nSPS) is 10.4. The second kappa shape index (κ2) is 8.32. The van der Waals surface area contributed by atoms with Gasteiger partial charge in [0.15, 0.2) is 0 Å². The van der Waals surface area contributed by atoms with Crippen LogP contribution in [0, 0.1) is 12.8 Å². The second-order valence-corrected chi connectivity index (χ2v) is 5.11. The number of aryl methyl sites for hydroxylation is 1. The molecule has 1 rings (SSSR count). The topological polar surface area (TPSA) is 67.4 Å². The molecule has 0 aliphatic heterocycles. The van der Waals surface area contributed by atoms with Crippen molar-refractivity contribution in [2.45, 2.75) is 20.8 Å². The molecule has 0 unspecified atom stereocenters. The average molecular weight is 278 g/mol. The molecule has 0 radical (unpaired) electrons. The molecule has 1 aromatic carbocycles. The van der Waals surface area contributed by atoms with Crippen LogP contribution in [0.15, 0.2) is 24.3 Å². The zero-order valence-corrected chi connectivity index (χ0v) is 12.2. The van der Waals surface area contributed by atoms with E-state index in [9.17, 15) is 9.59 Å². The molecule has 1 aromatic rings. The Labute approximate surface area is 119 Å². The number of benzene rings is 1. The van der Waals surface area contributed by atoms with Gasteiger partial charge in [-0.2, -0.15) is 0 Å². The Morgan fingerprint density at radius 3 is 2.55 bits per heavy atom. The summed E-state index contributed by atoms with van der Waals surface area (Å²) < 4.78 is 5.07. The first kappa shape index (κ1) is 16.2. The Kier molecular flexibility index (Phi) is 6.73. The van der Waals surface area contributed by atoms with Gasteiger partial charge in [-0.3, -0.25) is 9.59 Å². The molecule has 0 heterocycles. The van der Waals surface area contributed by atoms with E-state index in [0.29, 0.717) is 12.5 Å². The molecule has 5 heteroatoms. The lowest BCUT2D eigenvalue weighted by Gasteiger charge is -2.09. The Balaban J connectivity index is 2.22. The highest BCUT2D eigenvalue weighted by molar-refractivity contribution is 5.91. The molecule has 20 heavy (non-hydrogen) atoms. The Morgan fingerprint density at radius 2 is 1.90 bits per heavy atom. The fourth-order valence-electron chi connectivity index (χ4n) is 1.53. The number of hydrogen-bond acceptors (Lipinski definition) is 3. The average Bonchev–Trinajstić information content (AvgIpc) is 2.36. The zero-order valence-electron chi connectivity index (χ0n) is 12.2. The first-order chi connectivity index (χ1) is 9.47. The van der Waals surface area contributed by atoms with Gasteiger partial charge in [-0.25, -0.2) is 0 Å². The SMILES string of the molecule is Cc1cccc(NC(=O)COCC(=O)NCC(C)C)c1. The smallest absolute Gasteiger partial charge is 0.250 e. The van der Waals surface area contributed by atoms with Crippen molar-refractivity contribution in [2.24, 2.45) is 5.92 Å². The molecule has 0 bridgehead atoms. The van der Waals surface area contributed by atoms with Gasteiger partial charge in [-0.05, 0) is 30.5 Å². The number of carbonyl (C=O) groups excluding carboxylic acids is 2. The third kappa shape index (κ3) is 6.89. The van der Waals surface area contributed by atoms with Crippen molar-refractivity contribution in [3.05, 3.63) is 29.8 Å². The predicted octanol–water partition coefficient (Wildman–Crippen LogP) is 1.72. The molecule has 0 spiro atoms. The molecule has 0 atom stereocenters. The van der Waals surface area contributed by atoms with Crippen LogP contribution in [0.4, 0.5) is 5.69 Å². The molecule has 0 aliphatic carbocycles. The summed E-state index contributed by atoms with van der Waals surface area (Å²) >= 11 is 0. The standard InChI is InChI=1S/C15H22N2O3/c1-11(2)8-16-14(18)9-20-10-15(19)17-13-6-4-5-12(3)7-13/h4-7,11H,8-10H2,1-3H3,(H,16,18)(H,17,19). The highest BCUT2D eigenvalue weighted by Crippen LogP contribution is 2.08. The first-order valence-corrected chi connectivity index (χ1v) is 6.68. The van der Waals surface area contributed by atoms with Gasteiger partial charge in [0.1, 0.15) is 13.2 Å². The lowest BCUT2D eigenvalue weighted by molar-refractivity contribution is -0.128. The second-order valence-electron chi connectivity index (χ2n) is 5.11. The zero-order chi connectivity index (χ0) is 15.0. The van der Waals surface area contributed by atoms with Gasteiger partial charge < -0.3 is 15.4 Å². The summed E-state index contributed by atoms with van der Waals surface area (Å²) in [6, 6.07) is 7.49. The minimum absolute atomic E-state index is 0.103. The van der Waals surface area contributed by atoms with Crippen LogP contribution in [-0.2, 0) is 14.3 Å². The molecule has 2 N–H and O–H groups in total. The minimum Gasteiger partial charge on any atom is -0.362 e. The van der Waals surface area contributed by atoms with Crippen molar-refractivity contribution in [3.63, 3.8) is 0 Å². The van der Waals surface area contributed by atoms with Crippen molar-refractivity contribution >= 4 is 17.5 Å². The van der Waals surface area contributed by atoms with Crippen molar-refractivity contribution in [2.75, 3.05) is 25.1 Å². The summed E-state index contributed by atoms with van der Waals surface area (Å²) in [5, 5.41) is 5.43. The molecule has 2 amide bonds. The number of hydrogen-bond donors (Lipinski definition) is 2. The maximum atomic E-state index is 11.6. The van der Waals surface area contributed by atoms with Gasteiger partial charge in [-0.1, -0.05) is 26.0 Å². The van der Waals surface area contributed by atoms with Crippen molar-refractivity contribution in [1.82, 2.24) is 5.32 Å². The van der Waals surface area contributed by atoms with Crippen LogP contribution in [0.5, 0.6) is 0 Å². The fraction of sp³-hybridized carbons (Fsp3) is 0.467. The van der Waals surface area contributed by atoms with Crippen LogP contribution in [0.3, 0.4) is 0 Å². The van der Waals surface area contributed by atoms with E-state index in [-0.39, 0.29) is 25.0 Å². The number of anilines is 1. The quantitative estimate of drug-likeness (QED) is 0.798. The van der Waals surface area contributed by atoms with Crippen LogP contribution in [0.1, 0.15) is 19.4 Å². The third-order valence-corrected chi connectivity index (χ3v) is 2.48. The van der Waals surface area contributed by atoms with Gasteiger partial charge in [0.05, 0.1) is 0 Å². The number of ether oxygens (including phenoxy) is 1. The van der Waals surface area contributed by atoms with E-state index < -0.39 is 0 Å². The lowest BCUT2D eigenvalue weighted by Crippen LogP contribution is -2.32. The van der Waals surface area contributed by atoms with Crippen molar-refractivity contribution in [1.29, 1.82) is 0 Å². The van der Waals surface area contributed by atoms with E-state index in [1.807, 2.05) is 39.0 Å². The fourth-order valence-corrected chi connectivity index (χ4v) is 1.53. The van der Waals surface area contributed by atoms with Gasteiger partial charge in [0, 0.05) is 12.2 Å². The largest absolute Gasteiger partial charge is 0.362 e. The summed E-state index contributed by atoms with van der Waals surface area (Å²) in [6.07, 6.45) is 0. The molecule has 5 nitrogen and oxygen atoms in total. The van der Waals surface area contributed by atoms with E-state index in [0.717, 1.165) is 11.3 Å². The number of carbonyl (C=O) groups is 2. The van der Waals surface area contributed by atoms with E-state index in [2.05, 4.69) is 10.6 Å². The van der Waals surface area contributed by atoms with E-state index >= 15 is 0 Å². The predicted molar refractivity (Wildman–Crippen MR) is 78.5 cm³/mol. The number of amides is 2. The maximum absolute atomic E-state index is 11.6. The summed E-state index contributed by atoms with van der Waals surface area (Å²) in [5.41, 5.74) is 1.79. The van der Waals surface area contributed by atoms with E-state index in [1.165, 1.54) is 0 Å². The van der Waals surface area contributed by atoms with E-state index in [1.54, 1.807) is 6.07 Å². The molecule has 0 saturated heterocycles. The molecule has 0 fully saturated rings. The monoisotopic (exact) mass is 278 g/mol. The number of nitrogens with one attached hydrogen (secondary N) is 2. The van der Waals surface area contributed by atoms with Crippen LogP contribution in [0.2, 0.25) is 0 Å². The molecule has 110 valence electrons. The van der Waals surface area contributed by atoms with Gasteiger partial charge >= 0.3 is 0 Å². The van der Waals surface area contributed by atoms with Gasteiger partial charge in [0.2, 0.25) is 11.8 Å². The Bertz CT molecular complexity index is 458. The minimum atomic E-state index is -0.271. The maximum Gasteiger partial charge on any atom is 0.250 e. The lowest BCUT2D eigenvalue weighted by atomic mass is 10.2. The number of rotatable bonds is 7. The highest BCUT2D eigenvalue weighted by atomic mass is 16.5. The molecule has 0 aromatic heterocycles. The third-order valence-electron chi connectivity index (χ3n) is 2.48. The highest BCUT2D eigenvalue weighted by Gasteiger charge is 2.06. The van der Waals surface area contributed by atoms with Crippen LogP contribution in [0.25, 0.3) is 0 Å². The summed E-state index contributed by atoms with van der Waals surface area (Å²) in [4.78, 5) is 23.0. The van der Waals surface area contributed by atoms with Crippen molar-refractivity contribution in [3.8, 4) is 0 Å². The Morgan fingerprint density at radius 1 is 1.20 bits per heavy atom. The summed E-state index contributed by atoms with van der Waals surface area (Å²) in [5.74, 6) is -0.0853. The van der Waals surface area contributed by atoms with Crippen LogP contribution < -0.4 is 10.6 Å². The molecule has 0 saturated carbocycles. The summed E-state index contributed by atoms with van der Waals surface area (Å²) in [6.45, 7) is 6.34. The molecular formula is C15H22N2O3. The van der Waals surface area contributed by atoms with E-state index in [4.69, 9.17) is 4.74 Å². The van der Waals surface area contributed by atoms with Gasteiger partial charge in [-0.15, -0.1) is 0 Å². The Hall–Kier alpha value is -1.88. The summed E-state index contributed by atoms with van der Waals surface area (Å²) in [7, 11) is 0. The van der Waals surface area contributed by atoms with Crippen LogP contribution >= 0.6 is 0 Å². The molecular weight excluding hydrogens is 256 g/mol. The first-order valence-electron chi connectivity index (χ1n) is 6.68. The molecule has 0 aliphatic rings. The van der Waals surface area contributed by atoms with Gasteiger partial charge in [0.25, 0.3) is 0 Å². The van der Waals surface area contributed by atoms with Crippen molar-refractivity contribution < 1.29 is 14.3 Å². The van der Waals surface area contributed by atoms with Crippen LogP contribution in [-0.4, -0.2) is 31.6 Å².